The molecule has 21 heavy (non-hydrogen) atoms. The SMILES string of the molecule is NC(=O)Cn1cc(C(=O)C2CCCCC2)c2ccccc21. The number of amides is 1. The van der Waals surface area contributed by atoms with Gasteiger partial charge in [0.25, 0.3) is 0 Å². The number of carbonyl (C=O) groups excluding carboxylic acids is 2. The van der Waals surface area contributed by atoms with E-state index in [-0.39, 0.29) is 18.2 Å². The molecule has 1 fully saturated rings. The number of para-hydroxylation sites is 1. The summed E-state index contributed by atoms with van der Waals surface area (Å²) in [6, 6.07) is 7.71. The molecular weight excluding hydrogens is 264 g/mol. The molecule has 2 N–H and O–H groups in total. The van der Waals surface area contributed by atoms with E-state index in [1.165, 1.54) is 6.42 Å². The lowest BCUT2D eigenvalue weighted by Gasteiger charge is -2.19. The Morgan fingerprint density at radius 3 is 2.57 bits per heavy atom. The van der Waals surface area contributed by atoms with Crippen LogP contribution in [0.25, 0.3) is 10.9 Å². The molecule has 0 bridgehead atoms. The van der Waals surface area contributed by atoms with Crippen molar-refractivity contribution in [2.75, 3.05) is 0 Å². The van der Waals surface area contributed by atoms with Crippen molar-refractivity contribution in [3.63, 3.8) is 0 Å². The van der Waals surface area contributed by atoms with E-state index in [1.807, 2.05) is 24.3 Å². The molecule has 1 aromatic carbocycles. The number of primary amides is 1. The molecule has 1 aliphatic rings. The fourth-order valence-corrected chi connectivity index (χ4v) is 3.33. The Labute approximate surface area is 123 Å². The molecule has 1 amide bonds. The molecule has 0 aliphatic heterocycles. The number of nitrogens with two attached hydrogens (primary N) is 1. The Hall–Kier alpha value is -2.10. The normalized spacial score (nSPS) is 16.2. The Kier molecular flexibility index (Phi) is 3.78. The summed E-state index contributed by atoms with van der Waals surface area (Å²) >= 11 is 0. The number of hydrogen-bond donors (Lipinski definition) is 1. The molecule has 1 aliphatic carbocycles. The summed E-state index contributed by atoms with van der Waals surface area (Å²) in [4.78, 5) is 24.0. The standard InChI is InChI=1S/C17H20N2O2/c18-16(20)11-19-10-14(13-8-4-5-9-15(13)19)17(21)12-6-2-1-3-7-12/h4-5,8-10,12H,1-3,6-7,11H2,(H2,18,20). The first-order chi connectivity index (χ1) is 10.2. The van der Waals surface area contributed by atoms with Crippen LogP contribution in [0.1, 0.15) is 42.5 Å². The van der Waals surface area contributed by atoms with Gasteiger partial charge in [0.05, 0.1) is 0 Å². The van der Waals surface area contributed by atoms with E-state index in [2.05, 4.69) is 0 Å². The van der Waals surface area contributed by atoms with Crippen molar-refractivity contribution in [3.05, 3.63) is 36.0 Å². The van der Waals surface area contributed by atoms with Gasteiger partial charge in [-0.1, -0.05) is 37.5 Å². The van der Waals surface area contributed by atoms with Gasteiger partial charge >= 0.3 is 0 Å². The van der Waals surface area contributed by atoms with Crippen LogP contribution in [0.3, 0.4) is 0 Å². The minimum Gasteiger partial charge on any atom is -0.368 e. The van der Waals surface area contributed by atoms with Crippen molar-refractivity contribution in [3.8, 4) is 0 Å². The van der Waals surface area contributed by atoms with Crippen molar-refractivity contribution in [1.29, 1.82) is 0 Å². The Bertz CT molecular complexity index is 681. The Morgan fingerprint density at radius 2 is 1.86 bits per heavy atom. The van der Waals surface area contributed by atoms with Gasteiger partial charge in [0.15, 0.2) is 5.78 Å². The highest BCUT2D eigenvalue weighted by molar-refractivity contribution is 6.09. The minimum atomic E-state index is -0.396. The number of fused-ring (bicyclic) bond motifs is 1. The van der Waals surface area contributed by atoms with E-state index in [9.17, 15) is 9.59 Å². The molecule has 4 nitrogen and oxygen atoms in total. The molecule has 1 aromatic heterocycles. The molecule has 0 radical (unpaired) electrons. The van der Waals surface area contributed by atoms with Crippen molar-refractivity contribution in [1.82, 2.24) is 4.57 Å². The Morgan fingerprint density at radius 1 is 1.14 bits per heavy atom. The number of carbonyl (C=O) groups is 2. The van der Waals surface area contributed by atoms with Crippen molar-refractivity contribution >= 4 is 22.6 Å². The van der Waals surface area contributed by atoms with Crippen molar-refractivity contribution in [2.24, 2.45) is 11.7 Å². The van der Waals surface area contributed by atoms with E-state index in [0.29, 0.717) is 0 Å². The van der Waals surface area contributed by atoms with Gasteiger partial charge in [-0.25, -0.2) is 0 Å². The molecule has 4 heteroatoms. The number of hydrogen-bond acceptors (Lipinski definition) is 2. The van der Waals surface area contributed by atoms with Gasteiger partial charge in [0, 0.05) is 28.6 Å². The smallest absolute Gasteiger partial charge is 0.237 e. The molecule has 110 valence electrons. The molecule has 0 atom stereocenters. The lowest BCUT2D eigenvalue weighted by Crippen LogP contribution is -2.19. The van der Waals surface area contributed by atoms with Crippen molar-refractivity contribution < 1.29 is 9.59 Å². The molecule has 0 spiro atoms. The summed E-state index contributed by atoms with van der Waals surface area (Å²) in [5.74, 6) is -0.0480. The van der Waals surface area contributed by atoms with Crippen LogP contribution in [-0.4, -0.2) is 16.3 Å². The van der Waals surface area contributed by atoms with Crippen molar-refractivity contribution in [2.45, 2.75) is 38.6 Å². The third-order valence-electron chi connectivity index (χ3n) is 4.36. The maximum absolute atomic E-state index is 12.8. The summed E-state index contributed by atoms with van der Waals surface area (Å²) in [6.45, 7) is 0.110. The van der Waals surface area contributed by atoms with E-state index in [4.69, 9.17) is 5.73 Å². The zero-order valence-corrected chi connectivity index (χ0v) is 12.0. The third kappa shape index (κ3) is 2.71. The average molecular weight is 284 g/mol. The summed E-state index contributed by atoms with van der Waals surface area (Å²) in [6.07, 6.45) is 7.26. The first-order valence-electron chi connectivity index (χ1n) is 7.57. The zero-order chi connectivity index (χ0) is 14.8. The van der Waals surface area contributed by atoms with Crippen LogP contribution in [0.5, 0.6) is 0 Å². The predicted octanol–water partition coefficient (Wildman–Crippen LogP) is 2.89. The number of rotatable bonds is 4. The average Bonchev–Trinajstić information content (AvgIpc) is 2.86. The second-order valence-corrected chi connectivity index (χ2v) is 5.85. The summed E-state index contributed by atoms with van der Waals surface area (Å²) in [5, 5.41) is 0.925. The number of Topliss-reactive ketones (excluding diaryl/α,β-unsaturated/α-hetero) is 1. The molecule has 1 heterocycles. The van der Waals surface area contributed by atoms with Gasteiger partial charge in [0.1, 0.15) is 6.54 Å². The number of aromatic nitrogens is 1. The highest BCUT2D eigenvalue weighted by Gasteiger charge is 2.25. The lowest BCUT2D eigenvalue weighted by molar-refractivity contribution is -0.118. The van der Waals surface area contributed by atoms with E-state index in [0.717, 1.165) is 42.1 Å². The monoisotopic (exact) mass is 284 g/mol. The molecule has 3 rings (SSSR count). The maximum Gasteiger partial charge on any atom is 0.237 e. The van der Waals surface area contributed by atoms with E-state index < -0.39 is 5.91 Å². The highest BCUT2D eigenvalue weighted by Crippen LogP contribution is 2.30. The summed E-state index contributed by atoms with van der Waals surface area (Å²) < 4.78 is 1.79. The fourth-order valence-electron chi connectivity index (χ4n) is 3.33. The zero-order valence-electron chi connectivity index (χ0n) is 12.0. The lowest BCUT2D eigenvalue weighted by atomic mass is 9.84. The van der Waals surface area contributed by atoms with Crippen LogP contribution in [0.4, 0.5) is 0 Å². The van der Waals surface area contributed by atoms with E-state index >= 15 is 0 Å². The van der Waals surface area contributed by atoms with Crippen LogP contribution >= 0.6 is 0 Å². The second kappa shape index (κ2) is 5.72. The van der Waals surface area contributed by atoms with Gasteiger partial charge in [-0.3, -0.25) is 9.59 Å². The third-order valence-corrected chi connectivity index (χ3v) is 4.36. The topological polar surface area (TPSA) is 65.1 Å². The molecule has 1 saturated carbocycles. The van der Waals surface area contributed by atoms with E-state index in [1.54, 1.807) is 10.8 Å². The predicted molar refractivity (Wildman–Crippen MR) is 82.0 cm³/mol. The van der Waals surface area contributed by atoms with Gasteiger partial charge < -0.3 is 10.3 Å². The van der Waals surface area contributed by atoms with Crippen LogP contribution in [0.2, 0.25) is 0 Å². The maximum atomic E-state index is 12.8. The molecule has 0 unspecified atom stereocenters. The van der Waals surface area contributed by atoms with Crippen LogP contribution in [0.15, 0.2) is 30.5 Å². The van der Waals surface area contributed by atoms with Gasteiger partial charge in [-0.15, -0.1) is 0 Å². The van der Waals surface area contributed by atoms with Crippen LogP contribution in [0, 0.1) is 5.92 Å². The number of benzene rings is 1. The van der Waals surface area contributed by atoms with Gasteiger partial charge in [-0.2, -0.15) is 0 Å². The minimum absolute atomic E-state index is 0.110. The first kappa shape index (κ1) is 13.9. The number of ketones is 1. The van der Waals surface area contributed by atoms with Crippen LogP contribution < -0.4 is 5.73 Å². The second-order valence-electron chi connectivity index (χ2n) is 5.85. The largest absolute Gasteiger partial charge is 0.368 e. The summed E-state index contributed by atoms with van der Waals surface area (Å²) in [7, 11) is 0. The highest BCUT2D eigenvalue weighted by atomic mass is 16.1. The van der Waals surface area contributed by atoms with Gasteiger partial charge in [0.2, 0.25) is 5.91 Å². The first-order valence-corrected chi connectivity index (χ1v) is 7.57. The molecular formula is C17H20N2O2. The Balaban J connectivity index is 2.01. The summed E-state index contributed by atoms with van der Waals surface area (Å²) in [5.41, 5.74) is 6.93. The molecule has 2 aromatic rings. The fraction of sp³-hybridized carbons (Fsp3) is 0.412. The molecule has 0 saturated heterocycles. The quantitative estimate of drug-likeness (QED) is 0.877. The van der Waals surface area contributed by atoms with Crippen LogP contribution in [-0.2, 0) is 11.3 Å². The van der Waals surface area contributed by atoms with Gasteiger partial charge in [-0.05, 0) is 18.9 Å². The number of nitrogens with zero attached hydrogens (tertiary/aromatic N) is 1.